The summed E-state index contributed by atoms with van der Waals surface area (Å²) >= 11 is 3.41. The van der Waals surface area contributed by atoms with Crippen LogP contribution in [0, 0.1) is 5.82 Å². The highest BCUT2D eigenvalue weighted by Gasteiger charge is 2.36. The van der Waals surface area contributed by atoms with E-state index in [1.807, 2.05) is 0 Å². The van der Waals surface area contributed by atoms with Gasteiger partial charge in [-0.15, -0.1) is 0 Å². The first-order valence-corrected chi connectivity index (χ1v) is 10.9. The number of benzene rings is 3. The quantitative estimate of drug-likeness (QED) is 0.368. The minimum absolute atomic E-state index is 0.163. The smallest absolute Gasteiger partial charge is 0.335 e. The topological polar surface area (TPSA) is 84.9 Å². The molecular weight excluding hydrogens is 507 g/mol. The Morgan fingerprint density at radius 3 is 2.47 bits per heavy atom. The molecule has 1 aliphatic rings. The van der Waals surface area contributed by atoms with Gasteiger partial charge < -0.3 is 9.47 Å². The number of nitrogens with one attached hydrogen (secondary N) is 1. The van der Waals surface area contributed by atoms with Crippen molar-refractivity contribution in [3.8, 4) is 11.5 Å². The monoisotopic (exact) mass is 524 g/mol. The standard InChI is InChI=1S/C25H18BrFN2O5/c1-33-19-8-6-18(7-9-19)29-24(31)20(23(30)28-25(29)32)12-15-5-10-22(21(26)13-15)34-14-16-3-2-4-17(27)11-16/h2-13H,14H2,1H3,(H,28,30,32)/b20-12+. The molecule has 4 amide bonds. The van der Waals surface area contributed by atoms with Crippen molar-refractivity contribution in [1.82, 2.24) is 5.32 Å². The zero-order valence-electron chi connectivity index (χ0n) is 17.9. The Morgan fingerprint density at radius 2 is 1.79 bits per heavy atom. The minimum Gasteiger partial charge on any atom is -0.497 e. The van der Waals surface area contributed by atoms with Gasteiger partial charge in [0.1, 0.15) is 29.5 Å². The third kappa shape index (κ3) is 4.99. The van der Waals surface area contributed by atoms with Crippen LogP contribution in [0.15, 0.2) is 76.8 Å². The molecule has 0 aromatic heterocycles. The Balaban J connectivity index is 1.55. The highest BCUT2D eigenvalue weighted by molar-refractivity contribution is 9.10. The molecule has 4 rings (SSSR count). The number of carbonyl (C=O) groups excluding carboxylic acids is 3. The molecule has 0 unspecified atom stereocenters. The maximum absolute atomic E-state index is 13.3. The molecule has 7 nitrogen and oxygen atoms in total. The van der Waals surface area contributed by atoms with Crippen LogP contribution >= 0.6 is 15.9 Å². The van der Waals surface area contributed by atoms with Crippen LogP contribution in [0.2, 0.25) is 0 Å². The molecule has 0 bridgehead atoms. The molecule has 0 spiro atoms. The second-order valence-electron chi connectivity index (χ2n) is 7.26. The molecule has 3 aromatic carbocycles. The first kappa shape index (κ1) is 23.2. The van der Waals surface area contributed by atoms with E-state index in [1.54, 1.807) is 54.6 Å². The summed E-state index contributed by atoms with van der Waals surface area (Å²) in [5, 5.41) is 2.19. The largest absolute Gasteiger partial charge is 0.497 e. The number of anilines is 1. The van der Waals surface area contributed by atoms with Gasteiger partial charge in [-0.25, -0.2) is 14.1 Å². The Bertz CT molecular complexity index is 1310. The fourth-order valence-electron chi connectivity index (χ4n) is 3.30. The molecule has 1 heterocycles. The highest BCUT2D eigenvalue weighted by atomic mass is 79.9. The first-order chi connectivity index (χ1) is 16.4. The van der Waals surface area contributed by atoms with Gasteiger partial charge >= 0.3 is 6.03 Å². The Hall–Kier alpha value is -3.98. The number of amides is 4. The van der Waals surface area contributed by atoms with Crippen LogP contribution in [0.4, 0.5) is 14.9 Å². The minimum atomic E-state index is -0.834. The van der Waals surface area contributed by atoms with Gasteiger partial charge in [0.05, 0.1) is 17.3 Å². The summed E-state index contributed by atoms with van der Waals surface area (Å²) in [6, 6.07) is 16.6. The summed E-state index contributed by atoms with van der Waals surface area (Å²) in [5.41, 5.74) is 1.30. The lowest BCUT2D eigenvalue weighted by atomic mass is 10.1. The Labute approximate surface area is 202 Å². The number of halogens is 2. The predicted molar refractivity (Wildman–Crippen MR) is 127 cm³/mol. The second-order valence-corrected chi connectivity index (χ2v) is 8.12. The van der Waals surface area contributed by atoms with Crippen LogP contribution in [-0.2, 0) is 16.2 Å². The van der Waals surface area contributed by atoms with Crippen molar-refractivity contribution >= 4 is 45.5 Å². The predicted octanol–water partition coefficient (Wildman–Crippen LogP) is 4.84. The molecule has 0 saturated carbocycles. The van der Waals surface area contributed by atoms with E-state index in [4.69, 9.17) is 9.47 Å². The molecule has 1 aliphatic heterocycles. The average Bonchev–Trinajstić information content (AvgIpc) is 2.81. The van der Waals surface area contributed by atoms with Gasteiger partial charge in [-0.3, -0.25) is 14.9 Å². The number of imide groups is 2. The van der Waals surface area contributed by atoms with Crippen LogP contribution in [0.3, 0.4) is 0 Å². The number of hydrogen-bond donors (Lipinski definition) is 1. The maximum Gasteiger partial charge on any atom is 0.335 e. The lowest BCUT2D eigenvalue weighted by Gasteiger charge is -2.26. The van der Waals surface area contributed by atoms with Crippen LogP contribution in [0.25, 0.3) is 6.08 Å². The SMILES string of the molecule is COc1ccc(N2C(=O)NC(=O)/C(=C\c3ccc(OCc4cccc(F)c4)c(Br)c3)C2=O)cc1. The van der Waals surface area contributed by atoms with Crippen molar-refractivity contribution in [1.29, 1.82) is 0 Å². The number of ether oxygens (including phenoxy) is 2. The van der Waals surface area contributed by atoms with Crippen LogP contribution < -0.4 is 19.7 Å². The molecule has 1 N–H and O–H groups in total. The van der Waals surface area contributed by atoms with Gasteiger partial charge in [-0.1, -0.05) is 18.2 Å². The lowest BCUT2D eigenvalue weighted by Crippen LogP contribution is -2.54. The van der Waals surface area contributed by atoms with E-state index in [0.717, 1.165) is 4.90 Å². The summed E-state index contributed by atoms with van der Waals surface area (Å²) in [4.78, 5) is 38.7. The van der Waals surface area contributed by atoms with Crippen LogP contribution in [-0.4, -0.2) is 25.0 Å². The molecule has 0 radical (unpaired) electrons. The first-order valence-electron chi connectivity index (χ1n) is 10.1. The number of urea groups is 1. The van der Waals surface area contributed by atoms with Crippen molar-refractivity contribution < 1.29 is 28.2 Å². The molecular formula is C25H18BrFN2O5. The van der Waals surface area contributed by atoms with Gasteiger partial charge in [0.25, 0.3) is 11.8 Å². The zero-order valence-corrected chi connectivity index (χ0v) is 19.5. The van der Waals surface area contributed by atoms with E-state index in [2.05, 4.69) is 21.2 Å². The highest BCUT2D eigenvalue weighted by Crippen LogP contribution is 2.29. The number of nitrogens with zero attached hydrogens (tertiary/aromatic N) is 1. The average molecular weight is 525 g/mol. The summed E-state index contributed by atoms with van der Waals surface area (Å²) < 4.78 is 24.7. The summed E-state index contributed by atoms with van der Waals surface area (Å²) in [7, 11) is 1.50. The fourth-order valence-corrected chi connectivity index (χ4v) is 3.81. The second kappa shape index (κ2) is 9.88. The van der Waals surface area contributed by atoms with E-state index >= 15 is 0 Å². The van der Waals surface area contributed by atoms with Crippen molar-refractivity contribution in [3.05, 3.63) is 93.7 Å². The van der Waals surface area contributed by atoms with E-state index in [0.29, 0.717) is 32.8 Å². The summed E-state index contributed by atoms with van der Waals surface area (Å²) in [6.45, 7) is 0.163. The zero-order chi connectivity index (χ0) is 24.2. The van der Waals surface area contributed by atoms with E-state index < -0.39 is 17.8 Å². The number of carbonyl (C=O) groups is 3. The fraction of sp³-hybridized carbons (Fsp3) is 0.0800. The van der Waals surface area contributed by atoms with Crippen molar-refractivity contribution in [2.75, 3.05) is 12.0 Å². The number of barbiturate groups is 1. The summed E-state index contributed by atoms with van der Waals surface area (Å²) in [6.07, 6.45) is 1.39. The van der Waals surface area contributed by atoms with Crippen molar-refractivity contribution in [2.45, 2.75) is 6.61 Å². The molecule has 34 heavy (non-hydrogen) atoms. The Kier molecular flexibility index (Phi) is 6.74. The Morgan fingerprint density at radius 1 is 1.03 bits per heavy atom. The van der Waals surface area contributed by atoms with Crippen LogP contribution in [0.5, 0.6) is 11.5 Å². The van der Waals surface area contributed by atoms with Gasteiger partial charge in [-0.2, -0.15) is 0 Å². The van der Waals surface area contributed by atoms with E-state index in [1.165, 1.54) is 25.3 Å². The van der Waals surface area contributed by atoms with Gasteiger partial charge in [-0.05, 0) is 81.7 Å². The maximum atomic E-state index is 13.3. The summed E-state index contributed by atoms with van der Waals surface area (Å²) in [5.74, 6) is -0.825. The van der Waals surface area contributed by atoms with E-state index in [9.17, 15) is 18.8 Å². The number of rotatable bonds is 6. The molecule has 1 fully saturated rings. The van der Waals surface area contributed by atoms with Crippen molar-refractivity contribution in [2.24, 2.45) is 0 Å². The normalized spacial score (nSPS) is 14.9. The molecule has 1 saturated heterocycles. The molecule has 0 aliphatic carbocycles. The number of hydrogen-bond acceptors (Lipinski definition) is 5. The molecule has 3 aromatic rings. The third-order valence-corrected chi connectivity index (χ3v) is 5.60. The lowest BCUT2D eigenvalue weighted by molar-refractivity contribution is -0.122. The van der Waals surface area contributed by atoms with E-state index in [-0.39, 0.29) is 18.0 Å². The van der Waals surface area contributed by atoms with Crippen LogP contribution in [0.1, 0.15) is 11.1 Å². The molecule has 172 valence electrons. The molecule has 9 heteroatoms. The van der Waals surface area contributed by atoms with Gasteiger partial charge in [0.15, 0.2) is 0 Å². The number of methoxy groups -OCH3 is 1. The van der Waals surface area contributed by atoms with Crippen molar-refractivity contribution in [3.63, 3.8) is 0 Å². The third-order valence-electron chi connectivity index (χ3n) is 4.98. The molecule has 0 atom stereocenters. The van der Waals surface area contributed by atoms with Gasteiger partial charge in [0.2, 0.25) is 0 Å². The van der Waals surface area contributed by atoms with Gasteiger partial charge in [0, 0.05) is 0 Å².